The van der Waals surface area contributed by atoms with Gasteiger partial charge in [0.1, 0.15) is 0 Å². The lowest BCUT2D eigenvalue weighted by Gasteiger charge is -2.14. The summed E-state index contributed by atoms with van der Waals surface area (Å²) in [6.45, 7) is 0. The Morgan fingerprint density at radius 2 is 0.843 bits per heavy atom. The molecule has 8 rings (SSSR count). The summed E-state index contributed by atoms with van der Waals surface area (Å²) in [6, 6.07) is 38.2. The van der Waals surface area contributed by atoms with Crippen molar-refractivity contribution in [3.05, 3.63) is 120 Å². The van der Waals surface area contributed by atoms with E-state index in [1.165, 1.54) is 64.6 Å². The van der Waals surface area contributed by atoms with Gasteiger partial charge in [0.2, 0.25) is 5.90 Å². The summed E-state index contributed by atoms with van der Waals surface area (Å²) in [7, 11) is 0. The van der Waals surface area contributed by atoms with Gasteiger partial charge in [-0.25, -0.2) is 0 Å². The number of carbonyl (C=O) groups is 3. The van der Waals surface area contributed by atoms with Crippen molar-refractivity contribution in [1.82, 2.24) is 0 Å². The van der Waals surface area contributed by atoms with Crippen molar-refractivity contribution in [3.8, 4) is 0 Å². The number of ether oxygens (including phenoxy) is 2. The van der Waals surface area contributed by atoms with Crippen molar-refractivity contribution in [1.29, 1.82) is 0 Å². The second kappa shape index (κ2) is 13.7. The zero-order chi connectivity index (χ0) is 34.9. The second-order valence-electron chi connectivity index (χ2n) is 13.2. The van der Waals surface area contributed by atoms with Gasteiger partial charge in [-0.3, -0.25) is 14.4 Å². The fourth-order valence-corrected chi connectivity index (χ4v) is 7.62. The predicted octanol–water partition coefficient (Wildman–Crippen LogP) is 10.0. The van der Waals surface area contributed by atoms with E-state index < -0.39 is 17.9 Å². The molecule has 0 spiro atoms. The van der Waals surface area contributed by atoms with E-state index in [1.54, 1.807) is 0 Å². The van der Waals surface area contributed by atoms with E-state index in [0.717, 1.165) is 11.1 Å². The second-order valence-corrected chi connectivity index (χ2v) is 13.2. The SMILES string of the molecule is O=C(CCCc1ccc2ccc3cccc4ccc1c2c34)OC(=O)CC/C(=N/O)OC(=O)CCCc1ccc2ccc3cccc4ccc1c2c34. The van der Waals surface area contributed by atoms with Crippen LogP contribution in [0.3, 0.4) is 0 Å². The number of esters is 3. The minimum absolute atomic E-state index is 0.0791. The molecule has 8 aromatic rings. The summed E-state index contributed by atoms with van der Waals surface area (Å²) in [4.78, 5) is 37.5. The summed E-state index contributed by atoms with van der Waals surface area (Å²) in [5.41, 5.74) is 2.29. The standard InChI is InChI=1S/C44H35NO6/c46-38(11-3-5-27-13-15-33-19-17-29-7-1-9-31-21-23-35(27)43(33)41(29)31)50-37(45-49)25-26-40(48)51-39(47)12-4-6-28-14-16-34-20-18-30-8-2-10-32-22-24-36(28)44(34)42(30)32/h1-2,7-10,13-24,49H,3-6,11-12,25-26H2/b45-37-. The summed E-state index contributed by atoms with van der Waals surface area (Å²) in [6.07, 6.45) is 2.12. The number of hydrogen-bond donors (Lipinski definition) is 1. The average Bonchev–Trinajstić information content (AvgIpc) is 3.15. The van der Waals surface area contributed by atoms with Gasteiger partial charge in [-0.15, -0.1) is 0 Å². The Labute approximate surface area is 293 Å². The first-order valence-corrected chi connectivity index (χ1v) is 17.4. The van der Waals surface area contributed by atoms with Gasteiger partial charge in [0.25, 0.3) is 0 Å². The quantitative estimate of drug-likeness (QED) is 0.0279. The molecular formula is C44H35NO6. The Morgan fingerprint density at radius 3 is 1.31 bits per heavy atom. The average molecular weight is 674 g/mol. The number of oxime groups is 1. The molecule has 0 unspecified atom stereocenters. The maximum atomic E-state index is 12.6. The van der Waals surface area contributed by atoms with Gasteiger partial charge in [-0.05, 0) is 101 Å². The molecule has 0 atom stereocenters. The summed E-state index contributed by atoms with van der Waals surface area (Å²) in [5, 5.41) is 26.9. The fourth-order valence-electron chi connectivity index (χ4n) is 7.62. The van der Waals surface area contributed by atoms with Crippen LogP contribution in [0.2, 0.25) is 0 Å². The fraction of sp³-hybridized carbons (Fsp3) is 0.182. The summed E-state index contributed by atoms with van der Waals surface area (Å²) < 4.78 is 10.2. The third-order valence-electron chi connectivity index (χ3n) is 10.0. The Bertz CT molecular complexity index is 2590. The number of carbonyl (C=O) groups excluding carboxylic acids is 3. The number of aryl methyl sites for hydroxylation is 2. The third-order valence-corrected chi connectivity index (χ3v) is 10.0. The van der Waals surface area contributed by atoms with Gasteiger partial charge in [-0.1, -0.05) is 114 Å². The predicted molar refractivity (Wildman–Crippen MR) is 202 cm³/mol. The van der Waals surface area contributed by atoms with Crippen LogP contribution in [0.25, 0.3) is 64.6 Å². The van der Waals surface area contributed by atoms with Crippen LogP contribution >= 0.6 is 0 Å². The molecule has 8 aromatic carbocycles. The Morgan fingerprint density at radius 1 is 0.451 bits per heavy atom. The van der Waals surface area contributed by atoms with Crippen molar-refractivity contribution >= 4 is 88.4 Å². The minimum atomic E-state index is -0.770. The van der Waals surface area contributed by atoms with Crippen molar-refractivity contribution in [2.75, 3.05) is 0 Å². The zero-order valence-electron chi connectivity index (χ0n) is 28.0. The highest BCUT2D eigenvalue weighted by molar-refractivity contribution is 6.24. The van der Waals surface area contributed by atoms with Crippen molar-refractivity contribution in [3.63, 3.8) is 0 Å². The zero-order valence-corrected chi connectivity index (χ0v) is 28.0. The van der Waals surface area contributed by atoms with Crippen molar-refractivity contribution in [2.45, 2.75) is 51.4 Å². The van der Waals surface area contributed by atoms with Crippen LogP contribution in [0.1, 0.15) is 49.7 Å². The number of hydrogen-bond acceptors (Lipinski definition) is 7. The maximum absolute atomic E-state index is 12.6. The molecule has 0 saturated carbocycles. The molecule has 252 valence electrons. The first kappa shape index (κ1) is 32.1. The van der Waals surface area contributed by atoms with E-state index in [9.17, 15) is 19.6 Å². The van der Waals surface area contributed by atoms with Crippen LogP contribution in [0.5, 0.6) is 0 Å². The molecule has 0 amide bonds. The molecule has 0 heterocycles. The van der Waals surface area contributed by atoms with Gasteiger partial charge >= 0.3 is 17.9 Å². The first-order valence-electron chi connectivity index (χ1n) is 17.4. The first-order chi connectivity index (χ1) is 25.0. The molecule has 0 aliphatic rings. The van der Waals surface area contributed by atoms with E-state index in [1.807, 2.05) is 0 Å². The van der Waals surface area contributed by atoms with Gasteiger partial charge < -0.3 is 14.7 Å². The maximum Gasteiger partial charge on any atom is 0.313 e. The smallest absolute Gasteiger partial charge is 0.313 e. The highest BCUT2D eigenvalue weighted by atomic mass is 16.6. The minimum Gasteiger partial charge on any atom is -0.408 e. The van der Waals surface area contributed by atoms with Gasteiger partial charge in [0, 0.05) is 19.3 Å². The number of rotatable bonds is 11. The van der Waals surface area contributed by atoms with Gasteiger partial charge in [-0.2, -0.15) is 0 Å². The van der Waals surface area contributed by atoms with E-state index in [2.05, 4.69) is 114 Å². The largest absolute Gasteiger partial charge is 0.408 e. The van der Waals surface area contributed by atoms with Crippen LogP contribution in [0.4, 0.5) is 0 Å². The molecular weight excluding hydrogens is 638 g/mol. The molecule has 0 aromatic heterocycles. The van der Waals surface area contributed by atoms with E-state index in [-0.39, 0.29) is 31.6 Å². The van der Waals surface area contributed by atoms with E-state index >= 15 is 0 Å². The molecule has 1 N–H and O–H groups in total. The lowest BCUT2D eigenvalue weighted by Crippen LogP contribution is -2.17. The number of benzene rings is 8. The van der Waals surface area contributed by atoms with Crippen LogP contribution in [-0.2, 0) is 36.7 Å². The molecule has 7 heteroatoms. The summed E-state index contributed by atoms with van der Waals surface area (Å²) >= 11 is 0. The van der Waals surface area contributed by atoms with Crippen LogP contribution in [0.15, 0.2) is 114 Å². The molecule has 0 bridgehead atoms. The van der Waals surface area contributed by atoms with E-state index in [0.29, 0.717) is 25.7 Å². The Kier molecular flexibility index (Phi) is 8.62. The topological polar surface area (TPSA) is 102 Å². The van der Waals surface area contributed by atoms with Gasteiger partial charge in [0.15, 0.2) is 0 Å². The molecule has 7 nitrogen and oxygen atoms in total. The summed E-state index contributed by atoms with van der Waals surface area (Å²) in [5.74, 6) is -2.24. The molecule has 0 fully saturated rings. The van der Waals surface area contributed by atoms with Crippen LogP contribution in [-0.4, -0.2) is 29.0 Å². The van der Waals surface area contributed by atoms with Crippen LogP contribution < -0.4 is 0 Å². The van der Waals surface area contributed by atoms with Crippen molar-refractivity contribution in [2.24, 2.45) is 5.16 Å². The monoisotopic (exact) mass is 673 g/mol. The molecule has 0 saturated heterocycles. The number of nitrogens with zero attached hydrogens (tertiary/aromatic N) is 1. The molecule has 51 heavy (non-hydrogen) atoms. The highest BCUT2D eigenvalue weighted by Crippen LogP contribution is 2.37. The highest BCUT2D eigenvalue weighted by Gasteiger charge is 2.17. The van der Waals surface area contributed by atoms with E-state index in [4.69, 9.17) is 9.47 Å². The normalized spacial score (nSPS) is 12.2. The Hall–Kier alpha value is -6.08. The molecule has 0 aliphatic carbocycles. The van der Waals surface area contributed by atoms with Crippen molar-refractivity contribution < 1.29 is 29.1 Å². The third kappa shape index (κ3) is 6.27. The molecule has 0 radical (unpaired) electrons. The lowest BCUT2D eigenvalue weighted by molar-refractivity contribution is -0.159. The lowest BCUT2D eigenvalue weighted by atomic mass is 9.90. The van der Waals surface area contributed by atoms with Crippen LogP contribution in [0, 0.1) is 0 Å². The Balaban J connectivity index is 0.797. The van der Waals surface area contributed by atoms with Gasteiger partial charge in [0.05, 0.1) is 6.42 Å². The molecule has 0 aliphatic heterocycles.